The molecule has 0 aromatic heterocycles. The fourth-order valence-corrected chi connectivity index (χ4v) is 3.87. The largest absolute Gasteiger partial charge is 0.488 e. The molecule has 1 saturated heterocycles. The van der Waals surface area contributed by atoms with Crippen LogP contribution in [0, 0.1) is 5.41 Å². The standard InChI is InChI=1S/C16H16F3NO2/c17-16(18,19)15(6-3-7-15)14(21)20-9-10-8-12(20)11-4-1-2-5-13(11)22-10/h1-2,4-5,10,12H,3,6-9H2/t10-,12-/m0/s1. The van der Waals surface area contributed by atoms with Crippen molar-refractivity contribution in [2.45, 2.75) is 44.0 Å². The minimum atomic E-state index is -4.47. The van der Waals surface area contributed by atoms with Crippen LogP contribution in [0.2, 0.25) is 0 Å². The van der Waals surface area contributed by atoms with Gasteiger partial charge in [0.2, 0.25) is 5.91 Å². The van der Waals surface area contributed by atoms with Crippen molar-refractivity contribution in [2.24, 2.45) is 5.41 Å². The minimum absolute atomic E-state index is 0.0915. The number of carbonyl (C=O) groups excluding carboxylic acids is 1. The minimum Gasteiger partial charge on any atom is -0.488 e. The molecule has 1 aromatic rings. The summed E-state index contributed by atoms with van der Waals surface area (Å²) >= 11 is 0. The molecule has 1 amide bonds. The Labute approximate surface area is 126 Å². The second-order valence-corrected chi connectivity index (χ2v) is 6.42. The topological polar surface area (TPSA) is 29.5 Å². The average Bonchev–Trinajstić information content (AvgIpc) is 2.74. The Morgan fingerprint density at radius 2 is 2.00 bits per heavy atom. The fraction of sp³-hybridized carbons (Fsp3) is 0.562. The molecule has 2 heterocycles. The Bertz CT molecular complexity index is 624. The van der Waals surface area contributed by atoms with Crippen LogP contribution in [0.15, 0.2) is 24.3 Å². The highest BCUT2D eigenvalue weighted by atomic mass is 19.4. The zero-order valence-corrected chi connectivity index (χ0v) is 11.9. The Hall–Kier alpha value is -1.72. The number of halogens is 3. The van der Waals surface area contributed by atoms with E-state index in [1.165, 1.54) is 4.90 Å². The number of likely N-dealkylation sites (tertiary alicyclic amines) is 1. The molecule has 3 aliphatic rings. The molecule has 0 N–H and O–H groups in total. The van der Waals surface area contributed by atoms with Crippen LogP contribution in [-0.2, 0) is 4.79 Å². The first-order valence-electron chi connectivity index (χ1n) is 7.56. The van der Waals surface area contributed by atoms with Crippen molar-refractivity contribution in [1.82, 2.24) is 4.90 Å². The van der Waals surface area contributed by atoms with Crippen LogP contribution in [0.25, 0.3) is 0 Å². The van der Waals surface area contributed by atoms with Gasteiger partial charge in [0.15, 0.2) is 0 Å². The lowest BCUT2D eigenvalue weighted by molar-refractivity contribution is -0.248. The third kappa shape index (κ3) is 1.72. The molecule has 4 rings (SSSR count). The number of ether oxygens (including phenoxy) is 1. The molecular weight excluding hydrogens is 295 g/mol. The number of rotatable bonds is 1. The van der Waals surface area contributed by atoms with E-state index in [4.69, 9.17) is 4.74 Å². The Morgan fingerprint density at radius 1 is 1.27 bits per heavy atom. The van der Waals surface area contributed by atoms with Crippen molar-refractivity contribution in [2.75, 3.05) is 6.54 Å². The van der Waals surface area contributed by atoms with Crippen molar-refractivity contribution in [3.8, 4) is 5.75 Å². The summed E-state index contributed by atoms with van der Waals surface area (Å²) in [5, 5.41) is 0. The van der Waals surface area contributed by atoms with Gasteiger partial charge in [0, 0.05) is 12.0 Å². The van der Waals surface area contributed by atoms with E-state index in [0.717, 1.165) is 5.56 Å². The molecule has 1 aliphatic carbocycles. The lowest BCUT2D eigenvalue weighted by atomic mass is 9.67. The van der Waals surface area contributed by atoms with Gasteiger partial charge in [-0.25, -0.2) is 0 Å². The summed E-state index contributed by atoms with van der Waals surface area (Å²) in [4.78, 5) is 14.1. The van der Waals surface area contributed by atoms with Crippen molar-refractivity contribution >= 4 is 5.91 Å². The molecule has 2 bridgehead atoms. The van der Waals surface area contributed by atoms with E-state index in [2.05, 4.69) is 0 Å². The number of fused-ring (bicyclic) bond motifs is 4. The maximum Gasteiger partial charge on any atom is 0.403 e. The zero-order chi connectivity index (χ0) is 15.5. The van der Waals surface area contributed by atoms with Crippen molar-refractivity contribution in [3.05, 3.63) is 29.8 Å². The molecule has 0 unspecified atom stereocenters. The second-order valence-electron chi connectivity index (χ2n) is 6.42. The van der Waals surface area contributed by atoms with Gasteiger partial charge >= 0.3 is 6.18 Å². The van der Waals surface area contributed by atoms with E-state index in [1.54, 1.807) is 0 Å². The van der Waals surface area contributed by atoms with Gasteiger partial charge in [-0.2, -0.15) is 13.2 Å². The molecule has 0 spiro atoms. The molecule has 3 nitrogen and oxygen atoms in total. The number of benzene rings is 1. The lowest BCUT2D eigenvalue weighted by Crippen LogP contribution is -2.56. The average molecular weight is 311 g/mol. The number of carbonyl (C=O) groups is 1. The van der Waals surface area contributed by atoms with Crippen molar-refractivity contribution in [1.29, 1.82) is 0 Å². The first-order chi connectivity index (χ1) is 10.4. The Balaban J connectivity index is 1.69. The van der Waals surface area contributed by atoms with Crippen LogP contribution in [0.4, 0.5) is 13.2 Å². The third-order valence-corrected chi connectivity index (χ3v) is 5.25. The fourth-order valence-electron chi connectivity index (χ4n) is 3.87. The number of hydrogen-bond donors (Lipinski definition) is 0. The Kier molecular flexibility index (Phi) is 2.78. The van der Waals surface area contributed by atoms with Gasteiger partial charge in [0.1, 0.15) is 17.3 Å². The molecule has 0 radical (unpaired) electrons. The number of para-hydroxylation sites is 1. The van der Waals surface area contributed by atoms with Crippen LogP contribution in [0.1, 0.15) is 37.3 Å². The van der Waals surface area contributed by atoms with Gasteiger partial charge < -0.3 is 9.64 Å². The molecule has 1 aromatic carbocycles. The van der Waals surface area contributed by atoms with Gasteiger partial charge in [-0.1, -0.05) is 24.6 Å². The first-order valence-corrected chi connectivity index (χ1v) is 7.56. The van der Waals surface area contributed by atoms with E-state index >= 15 is 0 Å². The molecule has 118 valence electrons. The molecule has 2 aliphatic heterocycles. The van der Waals surface area contributed by atoms with Gasteiger partial charge in [-0.3, -0.25) is 4.79 Å². The normalized spacial score (nSPS) is 28.6. The van der Waals surface area contributed by atoms with Crippen molar-refractivity contribution in [3.63, 3.8) is 0 Å². The van der Waals surface area contributed by atoms with E-state index < -0.39 is 17.5 Å². The van der Waals surface area contributed by atoms with E-state index in [0.29, 0.717) is 18.6 Å². The molecule has 2 atom stereocenters. The van der Waals surface area contributed by atoms with Crippen molar-refractivity contribution < 1.29 is 22.7 Å². The number of alkyl halides is 3. The summed E-state index contributed by atoms with van der Waals surface area (Å²) in [6.07, 6.45) is -3.82. The van der Waals surface area contributed by atoms with Gasteiger partial charge in [-0.05, 0) is 18.9 Å². The summed E-state index contributed by atoms with van der Waals surface area (Å²) in [5.41, 5.74) is -1.35. The number of amides is 1. The van der Waals surface area contributed by atoms with Gasteiger partial charge in [0.05, 0.1) is 12.6 Å². The van der Waals surface area contributed by atoms with Crippen LogP contribution < -0.4 is 4.74 Å². The van der Waals surface area contributed by atoms with E-state index in [1.807, 2.05) is 24.3 Å². The summed E-state index contributed by atoms with van der Waals surface area (Å²) in [7, 11) is 0. The predicted molar refractivity (Wildman–Crippen MR) is 72.3 cm³/mol. The smallest absolute Gasteiger partial charge is 0.403 e. The summed E-state index contributed by atoms with van der Waals surface area (Å²) in [5.74, 6) is -0.0761. The van der Waals surface area contributed by atoms with Crippen LogP contribution >= 0.6 is 0 Å². The molecular formula is C16H16F3NO2. The summed E-state index contributed by atoms with van der Waals surface area (Å²) in [6, 6.07) is 7.02. The van der Waals surface area contributed by atoms with Crippen LogP contribution in [0.3, 0.4) is 0 Å². The zero-order valence-electron chi connectivity index (χ0n) is 11.9. The number of hydrogen-bond acceptors (Lipinski definition) is 2. The van der Waals surface area contributed by atoms with Crippen LogP contribution in [-0.4, -0.2) is 29.6 Å². The van der Waals surface area contributed by atoms with Crippen LogP contribution in [0.5, 0.6) is 5.75 Å². The summed E-state index contributed by atoms with van der Waals surface area (Å²) in [6.45, 7) is 0.246. The highest BCUT2D eigenvalue weighted by Crippen LogP contribution is 2.56. The van der Waals surface area contributed by atoms with Gasteiger partial charge in [0.25, 0.3) is 0 Å². The predicted octanol–water partition coefficient (Wildman–Crippen LogP) is 3.45. The Morgan fingerprint density at radius 3 is 2.64 bits per heavy atom. The SMILES string of the molecule is O=C(N1C[C@@H]2C[C@H]1c1ccccc1O2)C1(C(F)(F)F)CCC1. The monoisotopic (exact) mass is 311 g/mol. The highest BCUT2D eigenvalue weighted by Gasteiger charge is 2.65. The first kappa shape index (κ1) is 13.9. The third-order valence-electron chi connectivity index (χ3n) is 5.25. The molecule has 6 heteroatoms. The van der Waals surface area contributed by atoms with E-state index in [-0.39, 0.29) is 31.5 Å². The van der Waals surface area contributed by atoms with E-state index in [9.17, 15) is 18.0 Å². The molecule has 22 heavy (non-hydrogen) atoms. The summed E-state index contributed by atoms with van der Waals surface area (Å²) < 4.78 is 46.0. The maximum atomic E-state index is 13.4. The molecule has 2 fully saturated rings. The lowest BCUT2D eigenvalue weighted by Gasteiger charge is -2.44. The number of nitrogens with zero attached hydrogens (tertiary/aromatic N) is 1. The second kappa shape index (κ2) is 4.40. The van der Waals surface area contributed by atoms with Gasteiger partial charge in [-0.15, -0.1) is 0 Å². The highest BCUT2D eigenvalue weighted by molar-refractivity contribution is 5.85. The maximum absolute atomic E-state index is 13.4. The molecule has 1 saturated carbocycles. The quantitative estimate of drug-likeness (QED) is 0.795.